The summed E-state index contributed by atoms with van der Waals surface area (Å²) < 4.78 is 0. The fourth-order valence-electron chi connectivity index (χ4n) is 0.842. The third kappa shape index (κ3) is 4.91. The van der Waals surface area contributed by atoms with Crippen molar-refractivity contribution in [3.8, 4) is 0 Å². The normalized spacial score (nSPS) is 13.7. The number of allylic oxidation sites excluding steroid dienone is 1. The number of aliphatic hydroxyl groups is 1. The lowest BCUT2D eigenvalue weighted by atomic mass is 10.1. The van der Waals surface area contributed by atoms with Gasteiger partial charge in [-0.25, -0.2) is 4.79 Å². The van der Waals surface area contributed by atoms with Crippen LogP contribution in [0.15, 0.2) is 24.0 Å². The van der Waals surface area contributed by atoms with Gasteiger partial charge in [-0.05, 0) is 24.1 Å². The van der Waals surface area contributed by atoms with E-state index in [9.17, 15) is 14.4 Å². The summed E-state index contributed by atoms with van der Waals surface area (Å²) in [7, 11) is 0. The summed E-state index contributed by atoms with van der Waals surface area (Å²) in [5, 5.41) is 25.3. The molecule has 0 aromatic heterocycles. The molecule has 0 saturated heterocycles. The number of aliphatic hydroxyl groups excluding tert-OH is 1. The number of carboxylic acid groups (broad SMARTS) is 2. The Hall–Kier alpha value is -2.15. The molecule has 0 amide bonds. The zero-order chi connectivity index (χ0) is 12.7. The van der Waals surface area contributed by atoms with E-state index in [1.54, 1.807) is 0 Å². The molecule has 0 aliphatic carbocycles. The maximum atomic E-state index is 10.8. The number of hydrogen-bond donors (Lipinski definition) is 4. The van der Waals surface area contributed by atoms with Crippen molar-refractivity contribution in [3.63, 3.8) is 0 Å². The highest BCUT2D eigenvalue weighted by atomic mass is 16.4. The van der Waals surface area contributed by atoms with E-state index >= 15 is 0 Å². The fourth-order valence-corrected chi connectivity index (χ4v) is 0.842. The van der Waals surface area contributed by atoms with Gasteiger partial charge in [-0.2, -0.15) is 0 Å². The summed E-state index contributed by atoms with van der Waals surface area (Å²) >= 11 is 0. The summed E-state index contributed by atoms with van der Waals surface area (Å²) in [6.45, 7) is 0. The maximum absolute atomic E-state index is 10.8. The standard InChI is InChI=1S/C9H11NO6/c10-6(8(13)14)3-5(1-2-11)4-7(12)9(15)16/h1-2,4,6,11H,3,10H2,(H,13,14)(H,15,16)/b2-1-,5-4-/t6-/m0/s1. The first kappa shape index (κ1) is 13.8. The van der Waals surface area contributed by atoms with Crippen molar-refractivity contribution in [2.24, 2.45) is 5.73 Å². The molecule has 0 heterocycles. The van der Waals surface area contributed by atoms with Crippen LogP contribution >= 0.6 is 0 Å². The Morgan fingerprint density at radius 3 is 2.19 bits per heavy atom. The van der Waals surface area contributed by atoms with E-state index in [1.165, 1.54) is 0 Å². The topological polar surface area (TPSA) is 138 Å². The molecule has 7 nitrogen and oxygen atoms in total. The third-order valence-corrected chi connectivity index (χ3v) is 1.59. The smallest absolute Gasteiger partial charge is 0.376 e. The predicted octanol–water partition coefficient (Wildman–Crippen LogP) is -0.560. The Balaban J connectivity index is 4.81. The fraction of sp³-hybridized carbons (Fsp3) is 0.222. The number of carboxylic acids is 2. The molecule has 0 unspecified atom stereocenters. The molecule has 7 heteroatoms. The number of carbonyl (C=O) groups excluding carboxylic acids is 1. The first-order valence-electron chi connectivity index (χ1n) is 4.15. The molecule has 5 N–H and O–H groups in total. The number of hydrogen-bond acceptors (Lipinski definition) is 5. The van der Waals surface area contributed by atoms with Crippen LogP contribution in [0.4, 0.5) is 0 Å². The van der Waals surface area contributed by atoms with Gasteiger partial charge in [0.1, 0.15) is 6.04 Å². The molecule has 0 rings (SSSR count). The molecule has 0 aromatic rings. The van der Waals surface area contributed by atoms with Gasteiger partial charge in [0.15, 0.2) is 0 Å². The quantitative estimate of drug-likeness (QED) is 0.207. The first-order chi connectivity index (χ1) is 7.38. The van der Waals surface area contributed by atoms with E-state index in [0.717, 1.165) is 6.08 Å². The predicted molar refractivity (Wildman–Crippen MR) is 52.7 cm³/mol. The average molecular weight is 229 g/mol. The summed E-state index contributed by atoms with van der Waals surface area (Å²) in [5.41, 5.74) is 5.20. The third-order valence-electron chi connectivity index (χ3n) is 1.59. The number of rotatable bonds is 6. The van der Waals surface area contributed by atoms with Crippen LogP contribution in [-0.4, -0.2) is 39.1 Å². The van der Waals surface area contributed by atoms with Crippen LogP contribution in [0.3, 0.4) is 0 Å². The van der Waals surface area contributed by atoms with E-state index in [0.29, 0.717) is 12.3 Å². The van der Waals surface area contributed by atoms with E-state index in [1.807, 2.05) is 0 Å². The van der Waals surface area contributed by atoms with Gasteiger partial charge in [0, 0.05) is 0 Å². The number of ketones is 1. The van der Waals surface area contributed by atoms with Gasteiger partial charge in [-0.15, -0.1) is 0 Å². The average Bonchev–Trinajstić information content (AvgIpc) is 2.17. The number of carbonyl (C=O) groups is 3. The Morgan fingerprint density at radius 2 is 1.81 bits per heavy atom. The van der Waals surface area contributed by atoms with Crippen molar-refractivity contribution in [3.05, 3.63) is 24.0 Å². The maximum Gasteiger partial charge on any atom is 0.376 e. The Morgan fingerprint density at radius 1 is 1.25 bits per heavy atom. The lowest BCUT2D eigenvalue weighted by Gasteiger charge is -2.06. The summed E-state index contributed by atoms with van der Waals surface area (Å²) in [6, 6.07) is -1.27. The first-order valence-corrected chi connectivity index (χ1v) is 4.15. The molecule has 0 saturated carbocycles. The molecule has 0 aromatic carbocycles. The second-order valence-corrected chi connectivity index (χ2v) is 2.85. The molecular formula is C9H11NO6. The lowest BCUT2D eigenvalue weighted by Crippen LogP contribution is -2.30. The Kier molecular flexibility index (Phi) is 5.50. The van der Waals surface area contributed by atoms with Gasteiger partial charge in [0.25, 0.3) is 5.78 Å². The minimum atomic E-state index is -1.67. The van der Waals surface area contributed by atoms with Crippen molar-refractivity contribution in [2.45, 2.75) is 12.5 Å². The van der Waals surface area contributed by atoms with E-state index in [2.05, 4.69) is 0 Å². The Labute approximate surface area is 90.5 Å². The summed E-state index contributed by atoms with van der Waals surface area (Å²) in [6.07, 6.45) is 2.02. The minimum absolute atomic E-state index is 0.0183. The largest absolute Gasteiger partial charge is 0.516 e. The molecule has 1 atom stereocenters. The van der Waals surface area contributed by atoms with Crippen molar-refractivity contribution < 1.29 is 29.7 Å². The highest BCUT2D eigenvalue weighted by Gasteiger charge is 2.15. The molecule has 88 valence electrons. The van der Waals surface area contributed by atoms with Crippen LogP contribution in [0, 0.1) is 0 Å². The van der Waals surface area contributed by atoms with Crippen LogP contribution < -0.4 is 5.73 Å². The van der Waals surface area contributed by atoms with E-state index in [-0.39, 0.29) is 12.0 Å². The van der Waals surface area contributed by atoms with Crippen LogP contribution in [0.2, 0.25) is 0 Å². The minimum Gasteiger partial charge on any atom is -0.516 e. The van der Waals surface area contributed by atoms with E-state index in [4.69, 9.17) is 21.1 Å². The van der Waals surface area contributed by atoms with E-state index < -0.39 is 23.8 Å². The zero-order valence-electron chi connectivity index (χ0n) is 8.16. The van der Waals surface area contributed by atoms with Crippen molar-refractivity contribution in [1.82, 2.24) is 0 Å². The molecule has 0 aliphatic heterocycles. The van der Waals surface area contributed by atoms with Gasteiger partial charge in [0.2, 0.25) is 0 Å². The molecule has 0 fully saturated rings. The molecule has 16 heavy (non-hydrogen) atoms. The Bertz CT molecular complexity index is 357. The van der Waals surface area contributed by atoms with Gasteiger partial charge < -0.3 is 21.1 Å². The van der Waals surface area contributed by atoms with Crippen LogP contribution in [0.5, 0.6) is 0 Å². The molecule has 0 spiro atoms. The molecule has 0 aliphatic rings. The van der Waals surface area contributed by atoms with Gasteiger partial charge in [0.05, 0.1) is 6.26 Å². The second kappa shape index (κ2) is 6.36. The second-order valence-electron chi connectivity index (χ2n) is 2.85. The van der Waals surface area contributed by atoms with Crippen molar-refractivity contribution in [1.29, 1.82) is 0 Å². The van der Waals surface area contributed by atoms with Crippen LogP contribution in [0.1, 0.15) is 6.42 Å². The lowest BCUT2D eigenvalue weighted by molar-refractivity contribution is -0.146. The highest BCUT2D eigenvalue weighted by Crippen LogP contribution is 2.06. The van der Waals surface area contributed by atoms with Crippen molar-refractivity contribution >= 4 is 17.7 Å². The molecule has 0 radical (unpaired) electrons. The summed E-state index contributed by atoms with van der Waals surface area (Å²) in [5.74, 6) is -4.18. The molecular weight excluding hydrogens is 218 g/mol. The van der Waals surface area contributed by atoms with Crippen molar-refractivity contribution in [2.75, 3.05) is 0 Å². The van der Waals surface area contributed by atoms with Crippen LogP contribution in [-0.2, 0) is 14.4 Å². The SMILES string of the molecule is N[C@@H](CC(/C=C\O)=C\C(=O)C(=O)O)C(=O)O. The molecule has 0 bridgehead atoms. The number of nitrogens with two attached hydrogens (primary N) is 1. The van der Waals surface area contributed by atoms with Gasteiger partial charge in [-0.3, -0.25) is 9.59 Å². The number of aliphatic carboxylic acids is 2. The van der Waals surface area contributed by atoms with Gasteiger partial charge in [-0.1, -0.05) is 0 Å². The van der Waals surface area contributed by atoms with Gasteiger partial charge >= 0.3 is 11.9 Å². The highest BCUT2D eigenvalue weighted by molar-refractivity contribution is 6.37. The van der Waals surface area contributed by atoms with Crippen LogP contribution in [0.25, 0.3) is 0 Å². The summed E-state index contributed by atoms with van der Waals surface area (Å²) in [4.78, 5) is 31.4. The zero-order valence-corrected chi connectivity index (χ0v) is 8.16. The monoisotopic (exact) mass is 229 g/mol.